The molecule has 1 unspecified atom stereocenters. The predicted molar refractivity (Wildman–Crippen MR) is 73.3 cm³/mol. The highest BCUT2D eigenvalue weighted by atomic mass is 35.5. The van der Waals surface area contributed by atoms with Crippen molar-refractivity contribution in [1.82, 2.24) is 19.6 Å². The summed E-state index contributed by atoms with van der Waals surface area (Å²) in [4.78, 5) is 10.6. The van der Waals surface area contributed by atoms with Crippen LogP contribution in [0.3, 0.4) is 0 Å². The van der Waals surface area contributed by atoms with E-state index < -0.39 is 0 Å². The summed E-state index contributed by atoms with van der Waals surface area (Å²) in [5, 5.41) is 4.74. The molecular weight excluding hydrogens is 250 g/mol. The van der Waals surface area contributed by atoms with Crippen molar-refractivity contribution in [2.24, 2.45) is 0 Å². The Morgan fingerprint density at radius 2 is 2.17 bits per heavy atom. The molecule has 0 N–H and O–H groups in total. The SMILES string of the molecule is CCC(C)N(CC)c1c(C)c(Cl)nc2ncnn12. The third-order valence-electron chi connectivity index (χ3n) is 3.31. The second-order valence-electron chi connectivity index (χ2n) is 4.37. The molecule has 2 aromatic rings. The molecule has 0 aliphatic heterocycles. The lowest BCUT2D eigenvalue weighted by Gasteiger charge is -2.30. The third kappa shape index (κ3) is 2.03. The molecule has 0 saturated heterocycles. The van der Waals surface area contributed by atoms with Crippen molar-refractivity contribution in [1.29, 1.82) is 0 Å². The van der Waals surface area contributed by atoms with Crippen LogP contribution in [-0.4, -0.2) is 32.2 Å². The van der Waals surface area contributed by atoms with Gasteiger partial charge in [0.25, 0.3) is 5.78 Å². The minimum absolute atomic E-state index is 0.416. The molecule has 0 fully saturated rings. The van der Waals surface area contributed by atoms with Crippen molar-refractivity contribution in [3.8, 4) is 0 Å². The summed E-state index contributed by atoms with van der Waals surface area (Å²) in [6.45, 7) is 9.36. The van der Waals surface area contributed by atoms with Crippen LogP contribution < -0.4 is 4.90 Å². The summed E-state index contributed by atoms with van der Waals surface area (Å²) >= 11 is 6.18. The Morgan fingerprint density at radius 3 is 2.78 bits per heavy atom. The van der Waals surface area contributed by atoms with E-state index in [0.717, 1.165) is 24.3 Å². The molecule has 0 bridgehead atoms. The average Bonchev–Trinajstić information content (AvgIpc) is 2.81. The fraction of sp³-hybridized carbons (Fsp3) is 0.583. The first-order valence-corrected chi connectivity index (χ1v) is 6.60. The van der Waals surface area contributed by atoms with E-state index in [9.17, 15) is 0 Å². The van der Waals surface area contributed by atoms with E-state index in [0.29, 0.717) is 17.0 Å². The summed E-state index contributed by atoms with van der Waals surface area (Å²) in [7, 11) is 0. The van der Waals surface area contributed by atoms with Gasteiger partial charge in [-0.2, -0.15) is 19.6 Å². The third-order valence-corrected chi connectivity index (χ3v) is 3.68. The van der Waals surface area contributed by atoms with Gasteiger partial charge in [0.2, 0.25) is 0 Å². The van der Waals surface area contributed by atoms with E-state index in [1.54, 1.807) is 4.52 Å². The van der Waals surface area contributed by atoms with Crippen LogP contribution in [-0.2, 0) is 0 Å². The van der Waals surface area contributed by atoms with Gasteiger partial charge in [-0.3, -0.25) is 0 Å². The first-order valence-electron chi connectivity index (χ1n) is 6.22. The Balaban J connectivity index is 2.66. The molecule has 1 atom stereocenters. The maximum atomic E-state index is 6.18. The second-order valence-corrected chi connectivity index (χ2v) is 4.72. The second kappa shape index (κ2) is 5.10. The number of hydrogen-bond donors (Lipinski definition) is 0. The highest BCUT2D eigenvalue weighted by Crippen LogP contribution is 2.27. The molecule has 0 aromatic carbocycles. The average molecular weight is 268 g/mol. The smallest absolute Gasteiger partial charge is 0.255 e. The Kier molecular flexibility index (Phi) is 3.71. The fourth-order valence-electron chi connectivity index (χ4n) is 2.11. The standard InChI is InChI=1S/C12H18ClN5/c1-5-8(3)17(6-2)11-9(4)10(13)16-12-14-7-15-18(11)12/h7-8H,5-6H2,1-4H3. The lowest BCUT2D eigenvalue weighted by Crippen LogP contribution is -2.34. The minimum atomic E-state index is 0.416. The van der Waals surface area contributed by atoms with Gasteiger partial charge in [0.1, 0.15) is 17.3 Å². The Bertz CT molecular complexity index is 551. The lowest BCUT2D eigenvalue weighted by molar-refractivity contribution is 0.612. The fourth-order valence-corrected chi connectivity index (χ4v) is 2.27. The largest absolute Gasteiger partial charge is 0.354 e. The Hall–Kier alpha value is -1.36. The van der Waals surface area contributed by atoms with Gasteiger partial charge in [0, 0.05) is 18.2 Å². The molecule has 2 aromatic heterocycles. The number of anilines is 1. The number of rotatable bonds is 4. The number of aromatic nitrogens is 4. The molecule has 5 nitrogen and oxygen atoms in total. The zero-order valence-corrected chi connectivity index (χ0v) is 11.9. The molecular formula is C12H18ClN5. The van der Waals surface area contributed by atoms with Crippen molar-refractivity contribution >= 4 is 23.2 Å². The number of hydrogen-bond acceptors (Lipinski definition) is 4. The van der Waals surface area contributed by atoms with Crippen molar-refractivity contribution in [3.05, 3.63) is 17.0 Å². The molecule has 98 valence electrons. The van der Waals surface area contributed by atoms with Crippen LogP contribution in [0.4, 0.5) is 5.82 Å². The zero-order valence-electron chi connectivity index (χ0n) is 11.2. The molecule has 0 radical (unpaired) electrons. The molecule has 0 amide bonds. The van der Waals surface area contributed by atoms with E-state index in [2.05, 4.69) is 40.7 Å². The van der Waals surface area contributed by atoms with Crippen LogP contribution in [0.5, 0.6) is 0 Å². The van der Waals surface area contributed by atoms with Crippen molar-refractivity contribution in [2.45, 2.75) is 40.2 Å². The van der Waals surface area contributed by atoms with Gasteiger partial charge in [-0.1, -0.05) is 18.5 Å². The molecule has 6 heteroatoms. The molecule has 2 rings (SSSR count). The van der Waals surface area contributed by atoms with Gasteiger partial charge in [-0.25, -0.2) is 0 Å². The van der Waals surface area contributed by atoms with Crippen molar-refractivity contribution in [3.63, 3.8) is 0 Å². The number of halogens is 1. The van der Waals surface area contributed by atoms with Crippen LogP contribution >= 0.6 is 11.6 Å². The van der Waals surface area contributed by atoms with Crippen LogP contribution in [0, 0.1) is 6.92 Å². The van der Waals surface area contributed by atoms with Crippen LogP contribution in [0.1, 0.15) is 32.8 Å². The van der Waals surface area contributed by atoms with Crippen LogP contribution in [0.25, 0.3) is 5.78 Å². The summed E-state index contributed by atoms with van der Waals surface area (Å²) in [6.07, 6.45) is 2.56. The monoisotopic (exact) mass is 267 g/mol. The molecule has 0 spiro atoms. The van der Waals surface area contributed by atoms with Gasteiger partial charge in [0.05, 0.1) is 0 Å². The highest BCUT2D eigenvalue weighted by Gasteiger charge is 2.20. The van der Waals surface area contributed by atoms with Crippen molar-refractivity contribution in [2.75, 3.05) is 11.4 Å². The van der Waals surface area contributed by atoms with Crippen LogP contribution in [0.2, 0.25) is 5.15 Å². The topological polar surface area (TPSA) is 46.3 Å². The van der Waals surface area contributed by atoms with E-state index in [1.807, 2.05) is 6.92 Å². The van der Waals surface area contributed by atoms with Gasteiger partial charge in [0.15, 0.2) is 0 Å². The maximum Gasteiger partial charge on any atom is 0.255 e. The first kappa shape index (κ1) is 13.1. The molecule has 2 heterocycles. The summed E-state index contributed by atoms with van der Waals surface area (Å²) in [6, 6.07) is 0.416. The Morgan fingerprint density at radius 1 is 1.44 bits per heavy atom. The highest BCUT2D eigenvalue weighted by molar-refractivity contribution is 6.30. The number of fused-ring (bicyclic) bond motifs is 1. The summed E-state index contributed by atoms with van der Waals surface area (Å²) in [5.74, 6) is 1.53. The van der Waals surface area contributed by atoms with E-state index in [-0.39, 0.29) is 0 Å². The summed E-state index contributed by atoms with van der Waals surface area (Å²) < 4.78 is 1.76. The molecule has 0 aliphatic rings. The zero-order chi connectivity index (χ0) is 13.3. The van der Waals surface area contributed by atoms with Gasteiger partial charge >= 0.3 is 0 Å². The van der Waals surface area contributed by atoms with E-state index >= 15 is 0 Å². The maximum absolute atomic E-state index is 6.18. The van der Waals surface area contributed by atoms with Crippen LogP contribution in [0.15, 0.2) is 6.33 Å². The molecule has 0 saturated carbocycles. The molecule has 0 aliphatic carbocycles. The molecule has 18 heavy (non-hydrogen) atoms. The number of nitrogens with zero attached hydrogens (tertiary/aromatic N) is 5. The van der Waals surface area contributed by atoms with Gasteiger partial charge < -0.3 is 4.90 Å². The van der Waals surface area contributed by atoms with E-state index in [1.165, 1.54) is 6.33 Å². The predicted octanol–water partition coefficient (Wildman–Crippen LogP) is 2.71. The quantitative estimate of drug-likeness (QED) is 0.799. The van der Waals surface area contributed by atoms with E-state index in [4.69, 9.17) is 11.6 Å². The minimum Gasteiger partial charge on any atom is -0.354 e. The van der Waals surface area contributed by atoms with Gasteiger partial charge in [-0.05, 0) is 27.2 Å². The lowest BCUT2D eigenvalue weighted by atomic mass is 10.2. The first-order chi connectivity index (χ1) is 8.60. The summed E-state index contributed by atoms with van der Waals surface area (Å²) in [5.41, 5.74) is 0.941. The Labute approximate surface area is 112 Å². The normalized spacial score (nSPS) is 12.9. The van der Waals surface area contributed by atoms with Crippen molar-refractivity contribution < 1.29 is 0 Å². The van der Waals surface area contributed by atoms with Gasteiger partial charge in [-0.15, -0.1) is 0 Å².